The number of hydrogen-bond donors (Lipinski definition) is 3. The molecule has 8 nitrogen and oxygen atoms in total. The first-order valence-corrected chi connectivity index (χ1v) is 11.4. The van der Waals surface area contributed by atoms with Gasteiger partial charge < -0.3 is 29.5 Å². The van der Waals surface area contributed by atoms with Crippen LogP contribution in [-0.2, 0) is 23.8 Å². The molecule has 176 valence electrons. The largest absolute Gasteiger partial charge is 0.463 e. The van der Waals surface area contributed by atoms with Gasteiger partial charge in [0.2, 0.25) is 6.29 Å². The first-order valence-electron chi connectivity index (χ1n) is 11.4. The number of aliphatic hydroxyl groups is 3. The van der Waals surface area contributed by atoms with Crippen LogP contribution in [0.4, 0.5) is 0 Å². The maximum atomic E-state index is 12.0. The van der Waals surface area contributed by atoms with E-state index in [1.807, 2.05) is 0 Å². The molecule has 0 aromatic carbocycles. The Morgan fingerprint density at radius 3 is 1.83 bits per heavy atom. The molecule has 0 aliphatic carbocycles. The number of rotatable bonds is 15. The maximum absolute atomic E-state index is 12.0. The van der Waals surface area contributed by atoms with Gasteiger partial charge >= 0.3 is 11.9 Å². The van der Waals surface area contributed by atoms with Gasteiger partial charge in [-0.15, -0.1) is 0 Å². The lowest BCUT2D eigenvalue weighted by Gasteiger charge is -2.39. The Morgan fingerprint density at radius 2 is 1.27 bits per heavy atom. The minimum atomic E-state index is -1.57. The topological polar surface area (TPSA) is 123 Å². The van der Waals surface area contributed by atoms with Crippen LogP contribution in [0.15, 0.2) is 0 Å². The van der Waals surface area contributed by atoms with Gasteiger partial charge in [0, 0.05) is 12.8 Å². The van der Waals surface area contributed by atoms with Crippen LogP contribution in [-0.4, -0.2) is 64.6 Å². The van der Waals surface area contributed by atoms with Crippen molar-refractivity contribution in [3.63, 3.8) is 0 Å². The normalized spacial score (nSPS) is 26.4. The Balaban J connectivity index is 2.39. The van der Waals surface area contributed by atoms with Gasteiger partial charge in [-0.25, -0.2) is 0 Å². The summed E-state index contributed by atoms with van der Waals surface area (Å²) in [5, 5.41) is 30.2. The number of esters is 2. The second-order valence-corrected chi connectivity index (χ2v) is 8.02. The van der Waals surface area contributed by atoms with Crippen LogP contribution in [0.3, 0.4) is 0 Å². The van der Waals surface area contributed by atoms with Crippen molar-refractivity contribution in [2.45, 2.75) is 122 Å². The van der Waals surface area contributed by atoms with Gasteiger partial charge in [0.1, 0.15) is 31.0 Å². The summed E-state index contributed by atoms with van der Waals surface area (Å²) in [5.74, 6) is -0.953. The minimum Gasteiger partial charge on any atom is -0.463 e. The van der Waals surface area contributed by atoms with Crippen LogP contribution < -0.4 is 0 Å². The van der Waals surface area contributed by atoms with E-state index in [2.05, 4.69) is 13.8 Å². The Hall–Kier alpha value is -1.22. The minimum absolute atomic E-state index is 0.187. The van der Waals surface area contributed by atoms with E-state index in [1.165, 1.54) is 0 Å². The monoisotopic (exact) mass is 432 g/mol. The van der Waals surface area contributed by atoms with Gasteiger partial charge in [-0.05, 0) is 12.8 Å². The average Bonchev–Trinajstić information content (AvgIpc) is 2.73. The third-order valence-corrected chi connectivity index (χ3v) is 5.29. The first-order chi connectivity index (χ1) is 14.4. The van der Waals surface area contributed by atoms with Gasteiger partial charge in [-0.1, -0.05) is 65.2 Å². The second-order valence-electron chi connectivity index (χ2n) is 8.02. The van der Waals surface area contributed by atoms with E-state index in [0.717, 1.165) is 57.8 Å². The van der Waals surface area contributed by atoms with Crippen LogP contribution in [0.1, 0.15) is 90.9 Å². The molecule has 0 amide bonds. The van der Waals surface area contributed by atoms with Gasteiger partial charge in [0.15, 0.2) is 0 Å². The zero-order valence-electron chi connectivity index (χ0n) is 18.5. The van der Waals surface area contributed by atoms with E-state index in [9.17, 15) is 24.9 Å². The summed E-state index contributed by atoms with van der Waals surface area (Å²) in [6.45, 7) is 3.94. The van der Waals surface area contributed by atoms with Gasteiger partial charge in [-0.2, -0.15) is 0 Å². The van der Waals surface area contributed by atoms with Crippen molar-refractivity contribution in [3.8, 4) is 0 Å². The number of carbonyl (C=O) groups is 2. The van der Waals surface area contributed by atoms with Gasteiger partial charge in [0.25, 0.3) is 0 Å². The Morgan fingerprint density at radius 1 is 0.733 bits per heavy atom. The standard InChI is InChI=1S/C22H40O8/c1-3-5-7-9-11-13-17(23)28-15-16-19(25)20(26)21(27)22(29-16)30-18(24)14-12-10-8-6-4-2/h16,19-22,25-27H,3-15H2,1-2H3/t16-,19-,20+,21-,22+/m1/s1. The highest BCUT2D eigenvalue weighted by atomic mass is 16.7. The molecule has 1 fully saturated rings. The van der Waals surface area contributed by atoms with Crippen LogP contribution in [0.5, 0.6) is 0 Å². The molecular weight excluding hydrogens is 392 g/mol. The molecule has 3 N–H and O–H groups in total. The molecule has 0 saturated carbocycles. The highest BCUT2D eigenvalue weighted by Crippen LogP contribution is 2.23. The molecule has 5 atom stereocenters. The molecule has 0 aromatic rings. The summed E-state index contributed by atoms with van der Waals surface area (Å²) in [7, 11) is 0. The van der Waals surface area contributed by atoms with E-state index in [-0.39, 0.29) is 19.4 Å². The van der Waals surface area contributed by atoms with Crippen molar-refractivity contribution < 1.29 is 39.1 Å². The lowest BCUT2D eigenvalue weighted by atomic mass is 9.99. The number of carbonyl (C=O) groups excluding carboxylic acids is 2. The first kappa shape index (κ1) is 26.8. The maximum Gasteiger partial charge on any atom is 0.308 e. The molecule has 1 aliphatic rings. The molecule has 1 saturated heterocycles. The SMILES string of the molecule is CCCCCCCC(=O)OC[C@H]1O[C@@H](OC(=O)CCCCCCC)[C@H](O)[C@@H](O)[C@@H]1O. The van der Waals surface area contributed by atoms with Crippen molar-refractivity contribution in [3.05, 3.63) is 0 Å². The lowest BCUT2D eigenvalue weighted by Crippen LogP contribution is -2.59. The van der Waals surface area contributed by atoms with Crippen LogP contribution >= 0.6 is 0 Å². The van der Waals surface area contributed by atoms with Crippen LogP contribution in [0.25, 0.3) is 0 Å². The molecule has 1 heterocycles. The van der Waals surface area contributed by atoms with E-state index in [0.29, 0.717) is 6.42 Å². The lowest BCUT2D eigenvalue weighted by molar-refractivity contribution is -0.293. The highest BCUT2D eigenvalue weighted by molar-refractivity contribution is 5.69. The number of aliphatic hydroxyl groups excluding tert-OH is 3. The number of hydrogen-bond acceptors (Lipinski definition) is 8. The van der Waals surface area contributed by atoms with Crippen molar-refractivity contribution in [1.82, 2.24) is 0 Å². The molecule has 1 aliphatic heterocycles. The Labute approximate surface area is 179 Å². The van der Waals surface area contributed by atoms with Gasteiger partial charge in [0.05, 0.1) is 0 Å². The summed E-state index contributed by atoms with van der Waals surface area (Å²) in [6.07, 6.45) is 3.22. The average molecular weight is 433 g/mol. The molecule has 0 spiro atoms. The predicted octanol–water partition coefficient (Wildman–Crippen LogP) is 2.60. The molecule has 1 rings (SSSR count). The van der Waals surface area contributed by atoms with Crippen LogP contribution in [0.2, 0.25) is 0 Å². The number of unbranched alkanes of at least 4 members (excludes halogenated alkanes) is 8. The smallest absolute Gasteiger partial charge is 0.308 e. The summed E-state index contributed by atoms with van der Waals surface area (Å²) in [5.41, 5.74) is 0. The van der Waals surface area contributed by atoms with E-state index >= 15 is 0 Å². The summed E-state index contributed by atoms with van der Waals surface area (Å²) in [6, 6.07) is 0. The molecule has 8 heteroatoms. The number of ether oxygens (including phenoxy) is 3. The molecule has 0 unspecified atom stereocenters. The van der Waals surface area contributed by atoms with E-state index < -0.39 is 42.6 Å². The highest BCUT2D eigenvalue weighted by Gasteiger charge is 2.46. The van der Waals surface area contributed by atoms with E-state index in [4.69, 9.17) is 14.2 Å². The van der Waals surface area contributed by atoms with Crippen molar-refractivity contribution in [2.24, 2.45) is 0 Å². The molecule has 0 radical (unpaired) electrons. The van der Waals surface area contributed by atoms with Gasteiger partial charge in [-0.3, -0.25) is 9.59 Å². The second kappa shape index (κ2) is 15.6. The third-order valence-electron chi connectivity index (χ3n) is 5.29. The molecular formula is C22H40O8. The van der Waals surface area contributed by atoms with Crippen LogP contribution in [0, 0.1) is 0 Å². The van der Waals surface area contributed by atoms with Crippen molar-refractivity contribution in [2.75, 3.05) is 6.61 Å². The zero-order chi connectivity index (χ0) is 22.4. The quantitative estimate of drug-likeness (QED) is 0.267. The molecule has 0 aromatic heterocycles. The summed E-state index contributed by atoms with van der Waals surface area (Å²) >= 11 is 0. The third kappa shape index (κ3) is 10.2. The van der Waals surface area contributed by atoms with Crippen molar-refractivity contribution in [1.29, 1.82) is 0 Å². The molecule has 0 bridgehead atoms. The molecule has 30 heavy (non-hydrogen) atoms. The summed E-state index contributed by atoms with van der Waals surface area (Å²) in [4.78, 5) is 23.9. The predicted molar refractivity (Wildman–Crippen MR) is 110 cm³/mol. The zero-order valence-corrected chi connectivity index (χ0v) is 18.5. The summed E-state index contributed by atoms with van der Waals surface area (Å²) < 4.78 is 15.7. The van der Waals surface area contributed by atoms with E-state index in [1.54, 1.807) is 0 Å². The Kier molecular flexibility index (Phi) is 13.9. The van der Waals surface area contributed by atoms with Crippen molar-refractivity contribution >= 4 is 11.9 Å². The fourth-order valence-electron chi connectivity index (χ4n) is 3.33. The Bertz CT molecular complexity index is 482. The fraction of sp³-hybridized carbons (Fsp3) is 0.909. The fourth-order valence-corrected chi connectivity index (χ4v) is 3.33.